The molecule has 1 aromatic carbocycles. The van der Waals surface area contributed by atoms with Crippen LogP contribution in [-0.2, 0) is 20.9 Å². The van der Waals surface area contributed by atoms with Crippen LogP contribution in [-0.4, -0.2) is 22.6 Å². The molecule has 94 valence electrons. The molecule has 0 fully saturated rings. The van der Waals surface area contributed by atoms with Crippen LogP contribution in [0, 0.1) is 11.6 Å². The number of halogens is 2. The Bertz CT molecular complexity index is 520. The number of nitrogens with zero attached hydrogens (tertiary/aromatic N) is 1. The molecule has 0 heterocycles. The molecular weight excluding hydrogens is 248 g/mol. The zero-order valence-electron chi connectivity index (χ0n) is 9.57. The Hall–Kier alpha value is -1.30. The fraction of sp³-hybridized carbons (Fsp3) is 0.364. The summed E-state index contributed by atoms with van der Waals surface area (Å²) in [6.07, 6.45) is 2.87. The molecule has 17 heavy (non-hydrogen) atoms. The summed E-state index contributed by atoms with van der Waals surface area (Å²) in [6.45, 7) is 0. The second-order valence-corrected chi connectivity index (χ2v) is 6.49. The second kappa shape index (κ2) is 5.35. The molecule has 0 aromatic heterocycles. The smallest absolute Gasteiger partial charge is 0.254 e. The van der Waals surface area contributed by atoms with Crippen molar-refractivity contribution in [2.75, 3.05) is 12.5 Å². The van der Waals surface area contributed by atoms with Crippen LogP contribution in [0.1, 0.15) is 12.0 Å². The summed E-state index contributed by atoms with van der Waals surface area (Å²) in [5.41, 5.74) is 0.379. The van der Waals surface area contributed by atoms with Crippen molar-refractivity contribution < 1.29 is 17.8 Å². The molecule has 3 nitrogen and oxygen atoms in total. The van der Waals surface area contributed by atoms with Crippen molar-refractivity contribution in [2.24, 2.45) is 4.36 Å². The first-order chi connectivity index (χ1) is 7.76. The van der Waals surface area contributed by atoms with Crippen molar-refractivity contribution in [2.45, 2.75) is 12.8 Å². The van der Waals surface area contributed by atoms with Crippen molar-refractivity contribution in [1.29, 1.82) is 0 Å². The highest BCUT2D eigenvalue weighted by molar-refractivity contribution is 7.92. The summed E-state index contributed by atoms with van der Waals surface area (Å²) in [4.78, 5) is 11.3. The lowest BCUT2D eigenvalue weighted by Crippen LogP contribution is -2.02. The lowest BCUT2D eigenvalue weighted by Gasteiger charge is -2.00. The van der Waals surface area contributed by atoms with Gasteiger partial charge in [-0.1, -0.05) is 0 Å². The monoisotopic (exact) mass is 261 g/mol. The van der Waals surface area contributed by atoms with Crippen molar-refractivity contribution >= 4 is 15.6 Å². The molecule has 0 aliphatic heterocycles. The Balaban J connectivity index is 2.69. The number of carbonyl (C=O) groups is 1. The molecule has 0 saturated carbocycles. The van der Waals surface area contributed by atoms with Crippen LogP contribution in [0.25, 0.3) is 0 Å². The minimum Gasteiger partial charge on any atom is -0.272 e. The number of carbonyl (C=O) groups excluding carboxylic acids is 1. The van der Waals surface area contributed by atoms with Gasteiger partial charge in [-0.2, -0.15) is 4.36 Å². The fourth-order valence-corrected chi connectivity index (χ4v) is 1.88. The van der Waals surface area contributed by atoms with E-state index in [2.05, 4.69) is 4.36 Å². The van der Waals surface area contributed by atoms with Gasteiger partial charge in [-0.3, -0.25) is 4.79 Å². The predicted octanol–water partition coefficient (Wildman–Crippen LogP) is 2.15. The lowest BCUT2D eigenvalue weighted by molar-refractivity contribution is -0.117. The third kappa shape index (κ3) is 5.53. The molecule has 1 amide bonds. The van der Waals surface area contributed by atoms with Crippen molar-refractivity contribution in [3.05, 3.63) is 35.4 Å². The van der Waals surface area contributed by atoms with Gasteiger partial charge in [0.1, 0.15) is 11.6 Å². The highest BCUT2D eigenvalue weighted by Crippen LogP contribution is 2.10. The van der Waals surface area contributed by atoms with Crippen LogP contribution >= 0.6 is 0 Å². The molecule has 0 atom stereocenters. The molecule has 1 rings (SSSR count). The summed E-state index contributed by atoms with van der Waals surface area (Å²) in [5.74, 6) is -1.89. The van der Waals surface area contributed by atoms with Crippen molar-refractivity contribution in [3.63, 3.8) is 0 Å². The van der Waals surface area contributed by atoms with Crippen molar-refractivity contribution in [3.8, 4) is 0 Å². The SMILES string of the molecule is CS(C)(=O)=NC(=O)CCc1cc(F)cc(F)c1. The van der Waals surface area contributed by atoms with Gasteiger partial charge in [0, 0.05) is 34.7 Å². The Morgan fingerprint density at radius 3 is 2.24 bits per heavy atom. The fourth-order valence-electron chi connectivity index (χ4n) is 1.30. The molecule has 6 heteroatoms. The largest absolute Gasteiger partial charge is 0.272 e. The van der Waals surface area contributed by atoms with Gasteiger partial charge in [-0.15, -0.1) is 0 Å². The normalized spacial score (nSPS) is 11.3. The van der Waals surface area contributed by atoms with Gasteiger partial charge >= 0.3 is 0 Å². The number of hydrogen-bond acceptors (Lipinski definition) is 2. The molecule has 0 unspecified atom stereocenters. The number of rotatable bonds is 3. The van der Waals surface area contributed by atoms with E-state index in [4.69, 9.17) is 0 Å². The summed E-state index contributed by atoms with van der Waals surface area (Å²) < 4.78 is 40.3. The maximum atomic E-state index is 12.8. The average molecular weight is 261 g/mol. The molecule has 1 aromatic rings. The minimum absolute atomic E-state index is 0.0123. The second-order valence-electron chi connectivity index (χ2n) is 3.94. The Morgan fingerprint density at radius 2 is 1.76 bits per heavy atom. The quantitative estimate of drug-likeness (QED) is 0.837. The standard InChI is InChI=1S/C11H13F2NO2S/c1-17(2,16)14-11(15)4-3-8-5-9(12)7-10(13)6-8/h5-7H,3-4H2,1-2H3. The van der Waals surface area contributed by atoms with Gasteiger partial charge in [-0.25, -0.2) is 13.0 Å². The van der Waals surface area contributed by atoms with E-state index in [-0.39, 0.29) is 12.8 Å². The average Bonchev–Trinajstić information content (AvgIpc) is 2.10. The molecule has 0 spiro atoms. The highest BCUT2D eigenvalue weighted by atomic mass is 32.2. The number of amides is 1. The van der Waals surface area contributed by atoms with Gasteiger partial charge in [-0.05, 0) is 24.1 Å². The van der Waals surface area contributed by atoms with Crippen LogP contribution in [0.5, 0.6) is 0 Å². The molecule has 0 aliphatic carbocycles. The molecule has 0 bridgehead atoms. The van der Waals surface area contributed by atoms with E-state index >= 15 is 0 Å². The van der Waals surface area contributed by atoms with E-state index < -0.39 is 27.3 Å². The first kappa shape index (κ1) is 13.8. The van der Waals surface area contributed by atoms with Crippen LogP contribution in [0.4, 0.5) is 8.78 Å². The molecule has 0 N–H and O–H groups in total. The summed E-state index contributed by atoms with van der Waals surface area (Å²) >= 11 is 0. The van der Waals surface area contributed by atoms with E-state index in [1.165, 1.54) is 12.5 Å². The lowest BCUT2D eigenvalue weighted by atomic mass is 10.1. The minimum atomic E-state index is -2.47. The van der Waals surface area contributed by atoms with E-state index in [1.54, 1.807) is 0 Å². The molecule has 0 radical (unpaired) electrons. The van der Waals surface area contributed by atoms with Crippen LogP contribution in [0.15, 0.2) is 22.6 Å². The maximum Gasteiger partial charge on any atom is 0.254 e. The van der Waals surface area contributed by atoms with E-state index in [9.17, 15) is 17.8 Å². The van der Waals surface area contributed by atoms with E-state index in [0.717, 1.165) is 18.2 Å². The van der Waals surface area contributed by atoms with Gasteiger partial charge in [0.15, 0.2) is 0 Å². The Kier molecular flexibility index (Phi) is 4.34. The predicted molar refractivity (Wildman–Crippen MR) is 62.1 cm³/mol. The zero-order valence-corrected chi connectivity index (χ0v) is 10.4. The summed E-state index contributed by atoms with van der Waals surface area (Å²) in [7, 11) is -2.47. The first-order valence-electron chi connectivity index (χ1n) is 4.91. The number of benzene rings is 1. The Morgan fingerprint density at radius 1 is 1.24 bits per heavy atom. The van der Waals surface area contributed by atoms with Gasteiger partial charge in [0.05, 0.1) is 0 Å². The maximum absolute atomic E-state index is 12.8. The van der Waals surface area contributed by atoms with Gasteiger partial charge < -0.3 is 0 Å². The first-order valence-corrected chi connectivity index (χ1v) is 7.24. The summed E-state index contributed by atoms with van der Waals surface area (Å²) in [6, 6.07) is 3.08. The van der Waals surface area contributed by atoms with Crippen LogP contribution in [0.3, 0.4) is 0 Å². The number of aryl methyl sites for hydroxylation is 1. The molecular formula is C11H13F2NO2S. The summed E-state index contributed by atoms with van der Waals surface area (Å²) in [5, 5.41) is 0. The third-order valence-corrected chi connectivity index (χ3v) is 2.51. The van der Waals surface area contributed by atoms with Gasteiger partial charge in [0.25, 0.3) is 5.91 Å². The molecule has 0 saturated heterocycles. The van der Waals surface area contributed by atoms with E-state index in [1.807, 2.05) is 0 Å². The number of hydrogen-bond donors (Lipinski definition) is 0. The Labute approximate surface area is 99.0 Å². The van der Waals surface area contributed by atoms with Crippen LogP contribution < -0.4 is 0 Å². The highest BCUT2D eigenvalue weighted by Gasteiger charge is 2.05. The van der Waals surface area contributed by atoms with E-state index in [0.29, 0.717) is 5.56 Å². The van der Waals surface area contributed by atoms with Crippen LogP contribution in [0.2, 0.25) is 0 Å². The molecule has 0 aliphatic rings. The van der Waals surface area contributed by atoms with Gasteiger partial charge in [0.2, 0.25) is 0 Å². The van der Waals surface area contributed by atoms with Crippen molar-refractivity contribution in [1.82, 2.24) is 0 Å². The third-order valence-electron chi connectivity index (χ3n) is 1.87. The zero-order chi connectivity index (χ0) is 13.1. The topological polar surface area (TPSA) is 46.5 Å².